The Morgan fingerprint density at radius 1 is 1.04 bits per heavy atom. The molecule has 0 aliphatic heterocycles. The molecule has 0 fully saturated rings. The van der Waals surface area contributed by atoms with Crippen LogP contribution in [0.4, 0.5) is 0 Å². The highest BCUT2D eigenvalue weighted by Gasteiger charge is 2.34. The first-order valence-corrected chi connectivity index (χ1v) is 6.95. The number of rotatable bonds is 8. The van der Waals surface area contributed by atoms with E-state index in [1.807, 2.05) is 0 Å². The first-order valence-electron chi connectivity index (χ1n) is 6.95. The summed E-state index contributed by atoms with van der Waals surface area (Å²) in [5.74, 6) is -3.46. The zero-order chi connectivity index (χ0) is 19.1. The molecule has 138 valence electrons. The number of hydrogen-bond donors (Lipinski definition) is 7. The predicted molar refractivity (Wildman–Crippen MR) is 81.4 cm³/mol. The van der Waals surface area contributed by atoms with Gasteiger partial charge in [-0.15, -0.1) is 0 Å². The van der Waals surface area contributed by atoms with E-state index in [2.05, 4.69) is 4.74 Å². The summed E-state index contributed by atoms with van der Waals surface area (Å²) in [6.45, 7) is -0.769. The van der Waals surface area contributed by atoms with Crippen LogP contribution >= 0.6 is 0 Å². The summed E-state index contributed by atoms with van der Waals surface area (Å²) in [6.07, 6.45) is -6.21. The molecule has 1 aromatic rings. The lowest BCUT2D eigenvalue weighted by atomic mass is 10.0. The average Bonchev–Trinajstić information content (AvgIpc) is 2.58. The van der Waals surface area contributed by atoms with Crippen molar-refractivity contribution in [2.24, 2.45) is 0 Å². The molecule has 1 aromatic carbocycles. The molecule has 0 aromatic heterocycles. The van der Waals surface area contributed by atoms with Gasteiger partial charge in [0, 0.05) is 6.08 Å². The van der Waals surface area contributed by atoms with Crippen molar-refractivity contribution < 1.29 is 50.1 Å². The van der Waals surface area contributed by atoms with Crippen LogP contribution in [0.1, 0.15) is 5.56 Å². The maximum absolute atomic E-state index is 11.5. The van der Waals surface area contributed by atoms with Gasteiger partial charge in [-0.2, -0.15) is 0 Å². The number of esters is 1. The summed E-state index contributed by atoms with van der Waals surface area (Å²) >= 11 is 0. The number of carbonyl (C=O) groups is 2. The second-order valence-corrected chi connectivity index (χ2v) is 5.04. The highest BCUT2D eigenvalue weighted by molar-refractivity contribution is 5.87. The van der Waals surface area contributed by atoms with E-state index in [0.717, 1.165) is 6.08 Å². The van der Waals surface area contributed by atoms with Crippen LogP contribution in [0.15, 0.2) is 24.3 Å². The fourth-order valence-corrected chi connectivity index (χ4v) is 1.68. The van der Waals surface area contributed by atoms with Gasteiger partial charge in [-0.25, -0.2) is 9.59 Å². The predicted octanol–water partition coefficient (Wildman–Crippen LogP) is -1.82. The molecule has 0 amide bonds. The number of carboxylic acid groups (broad SMARTS) is 1. The highest BCUT2D eigenvalue weighted by atomic mass is 16.5. The smallest absolute Gasteiger partial charge is 0.335 e. The molecule has 0 radical (unpaired) electrons. The summed E-state index contributed by atoms with van der Waals surface area (Å²) < 4.78 is 4.60. The van der Waals surface area contributed by atoms with Crippen molar-refractivity contribution in [3.8, 4) is 11.5 Å². The van der Waals surface area contributed by atoms with Crippen LogP contribution in [-0.4, -0.2) is 78.7 Å². The molecule has 7 N–H and O–H groups in total. The molecule has 4 atom stereocenters. The largest absolute Gasteiger partial charge is 0.504 e. The van der Waals surface area contributed by atoms with Crippen molar-refractivity contribution in [2.45, 2.75) is 24.4 Å². The third-order valence-electron chi connectivity index (χ3n) is 3.13. The van der Waals surface area contributed by atoms with Gasteiger partial charge in [-0.3, -0.25) is 0 Å². The quantitative estimate of drug-likeness (QED) is 0.158. The Labute approximate surface area is 141 Å². The van der Waals surface area contributed by atoms with E-state index in [9.17, 15) is 30.0 Å². The number of benzene rings is 1. The molecule has 0 spiro atoms. The van der Waals surface area contributed by atoms with Gasteiger partial charge < -0.3 is 40.5 Å². The van der Waals surface area contributed by atoms with Gasteiger partial charge in [0.05, 0.1) is 0 Å². The molecule has 1 rings (SSSR count). The number of aliphatic carboxylic acids is 1. The molecule has 0 aliphatic carbocycles. The Morgan fingerprint density at radius 2 is 1.68 bits per heavy atom. The second-order valence-electron chi connectivity index (χ2n) is 5.04. The second kappa shape index (κ2) is 8.99. The minimum Gasteiger partial charge on any atom is -0.504 e. The zero-order valence-electron chi connectivity index (χ0n) is 12.8. The summed E-state index contributed by atoms with van der Waals surface area (Å²) in [5, 5.41) is 64.4. The van der Waals surface area contributed by atoms with Crippen molar-refractivity contribution >= 4 is 18.0 Å². The number of carbonyl (C=O) groups excluding carboxylic acids is 1. The van der Waals surface area contributed by atoms with Crippen molar-refractivity contribution in [2.75, 3.05) is 6.61 Å². The van der Waals surface area contributed by atoms with Gasteiger partial charge in [0.1, 0.15) is 24.9 Å². The molecule has 0 saturated heterocycles. The van der Waals surface area contributed by atoms with Crippen molar-refractivity contribution in [3.05, 3.63) is 29.8 Å². The van der Waals surface area contributed by atoms with Gasteiger partial charge in [-0.1, -0.05) is 6.07 Å². The van der Waals surface area contributed by atoms with Crippen LogP contribution in [-0.2, 0) is 14.3 Å². The van der Waals surface area contributed by atoms with Crippen molar-refractivity contribution in [1.82, 2.24) is 0 Å². The van der Waals surface area contributed by atoms with E-state index in [1.165, 1.54) is 24.3 Å². The van der Waals surface area contributed by atoms with Crippen LogP contribution in [0.25, 0.3) is 6.08 Å². The standard InChI is InChI=1S/C15H18O10/c16-8-3-1-7(5-9(8)17)2-4-11(19)25-6-10(18)12(20)13(21)14(22)15(23)24/h1-5,10,12-14,16-18,20-22H,6H2,(H,23,24)/t10-,12-,13+,14-/m1/s1. The topological polar surface area (TPSA) is 185 Å². The Kier molecular flexibility index (Phi) is 7.33. The van der Waals surface area contributed by atoms with E-state index < -0.39 is 43.0 Å². The normalized spacial score (nSPS) is 16.2. The Morgan fingerprint density at radius 3 is 2.24 bits per heavy atom. The van der Waals surface area contributed by atoms with Crippen molar-refractivity contribution in [1.29, 1.82) is 0 Å². The van der Waals surface area contributed by atoms with Crippen LogP contribution in [0.2, 0.25) is 0 Å². The maximum atomic E-state index is 11.5. The number of aliphatic hydroxyl groups excluding tert-OH is 4. The van der Waals surface area contributed by atoms with E-state index in [1.54, 1.807) is 0 Å². The number of phenols is 2. The van der Waals surface area contributed by atoms with Gasteiger partial charge in [0.2, 0.25) is 0 Å². The number of ether oxygens (including phenoxy) is 1. The minimum atomic E-state index is -2.32. The van der Waals surface area contributed by atoms with Crippen LogP contribution in [0, 0.1) is 0 Å². The molecule has 0 unspecified atom stereocenters. The molecule has 0 bridgehead atoms. The average molecular weight is 358 g/mol. The van der Waals surface area contributed by atoms with Crippen LogP contribution < -0.4 is 0 Å². The fraction of sp³-hybridized carbons (Fsp3) is 0.333. The monoisotopic (exact) mass is 358 g/mol. The van der Waals surface area contributed by atoms with E-state index in [-0.39, 0.29) is 11.5 Å². The Hall–Kier alpha value is -2.66. The number of carboxylic acids is 1. The lowest BCUT2D eigenvalue weighted by Crippen LogP contribution is -2.49. The first-order chi connectivity index (χ1) is 11.6. The molecular weight excluding hydrogens is 340 g/mol. The van der Waals surface area contributed by atoms with Crippen molar-refractivity contribution in [3.63, 3.8) is 0 Å². The molecular formula is C15H18O10. The molecule has 25 heavy (non-hydrogen) atoms. The van der Waals surface area contributed by atoms with E-state index >= 15 is 0 Å². The summed E-state index contributed by atoms with van der Waals surface area (Å²) in [7, 11) is 0. The maximum Gasteiger partial charge on any atom is 0.335 e. The fourth-order valence-electron chi connectivity index (χ4n) is 1.68. The zero-order valence-corrected chi connectivity index (χ0v) is 12.8. The summed E-state index contributed by atoms with van der Waals surface area (Å²) in [4.78, 5) is 22.0. The molecule has 10 nitrogen and oxygen atoms in total. The van der Waals surface area contributed by atoms with Gasteiger partial charge in [-0.05, 0) is 23.8 Å². The van der Waals surface area contributed by atoms with Gasteiger partial charge in [0.25, 0.3) is 0 Å². The van der Waals surface area contributed by atoms with Gasteiger partial charge >= 0.3 is 11.9 Å². The lowest BCUT2D eigenvalue weighted by molar-refractivity contribution is -0.167. The number of hydrogen-bond acceptors (Lipinski definition) is 9. The number of aliphatic hydroxyl groups is 4. The SMILES string of the molecule is O=C(C=Cc1ccc(O)c(O)c1)OC[C@@H](O)[C@@H](O)[C@H](O)[C@@H](O)C(=O)O. The number of aromatic hydroxyl groups is 2. The molecule has 0 saturated carbocycles. The summed E-state index contributed by atoms with van der Waals surface area (Å²) in [6, 6.07) is 3.79. The van der Waals surface area contributed by atoms with Gasteiger partial charge in [0.15, 0.2) is 17.6 Å². The Bertz CT molecular complexity index is 641. The van der Waals surface area contributed by atoms with Crippen LogP contribution in [0.3, 0.4) is 0 Å². The Balaban J connectivity index is 2.53. The minimum absolute atomic E-state index is 0.334. The van der Waals surface area contributed by atoms with E-state index in [4.69, 9.17) is 15.3 Å². The van der Waals surface area contributed by atoms with Crippen LogP contribution in [0.5, 0.6) is 11.5 Å². The lowest BCUT2D eigenvalue weighted by Gasteiger charge is -2.24. The third kappa shape index (κ3) is 6.04. The first kappa shape index (κ1) is 20.4. The number of phenolic OH excluding ortho intramolecular Hbond substituents is 2. The summed E-state index contributed by atoms with van der Waals surface area (Å²) in [5.41, 5.74) is 0.368. The van der Waals surface area contributed by atoms with E-state index in [0.29, 0.717) is 5.56 Å². The highest BCUT2D eigenvalue weighted by Crippen LogP contribution is 2.25. The molecule has 0 heterocycles. The third-order valence-corrected chi connectivity index (χ3v) is 3.13. The molecule has 0 aliphatic rings. The molecule has 10 heteroatoms.